The zero-order chi connectivity index (χ0) is 21.0. The van der Waals surface area contributed by atoms with Crippen LogP contribution in [0.5, 0.6) is 0 Å². The number of nitriles is 2. The summed E-state index contributed by atoms with van der Waals surface area (Å²) in [7, 11) is 0. The first-order valence-corrected chi connectivity index (χ1v) is 8.14. The zero-order valence-electron chi connectivity index (χ0n) is 14.4. The van der Waals surface area contributed by atoms with Crippen molar-refractivity contribution in [3.8, 4) is 12.1 Å². The van der Waals surface area contributed by atoms with Crippen molar-refractivity contribution in [3.63, 3.8) is 0 Å². The lowest BCUT2D eigenvalue weighted by atomic mass is 9.96. The Bertz CT molecular complexity index is 912. The van der Waals surface area contributed by atoms with E-state index in [2.05, 4.69) is 6.07 Å². The summed E-state index contributed by atoms with van der Waals surface area (Å²) in [6.07, 6.45) is -7.34. The molecule has 0 amide bonds. The van der Waals surface area contributed by atoms with Crippen LogP contribution in [0, 0.1) is 22.7 Å². The van der Waals surface area contributed by atoms with E-state index in [4.69, 9.17) is 10.5 Å². The molecule has 2 aromatic rings. The summed E-state index contributed by atoms with van der Waals surface area (Å²) in [4.78, 5) is 0. The molecule has 0 spiro atoms. The van der Waals surface area contributed by atoms with Crippen LogP contribution in [-0.4, -0.2) is 0 Å². The van der Waals surface area contributed by atoms with E-state index < -0.39 is 28.9 Å². The second kappa shape index (κ2) is 7.93. The van der Waals surface area contributed by atoms with Gasteiger partial charge in [0.05, 0.1) is 35.1 Å². The third kappa shape index (κ3) is 5.26. The van der Waals surface area contributed by atoms with E-state index in [-0.39, 0.29) is 6.42 Å². The summed E-state index contributed by atoms with van der Waals surface area (Å²) in [5, 5.41) is 17.2. The van der Waals surface area contributed by atoms with Gasteiger partial charge in [-0.25, -0.2) is 0 Å². The molecule has 2 aromatic carbocycles. The Balaban J connectivity index is 0.000000203. The van der Waals surface area contributed by atoms with Gasteiger partial charge in [-0.2, -0.15) is 36.9 Å². The van der Waals surface area contributed by atoms with Crippen LogP contribution in [0.1, 0.15) is 35.1 Å². The Labute approximate surface area is 157 Å². The van der Waals surface area contributed by atoms with E-state index in [1.54, 1.807) is 12.1 Å². The molecule has 0 N–H and O–H groups in total. The fraction of sp³-hybridized carbons (Fsp3) is 0.300. The van der Waals surface area contributed by atoms with Crippen molar-refractivity contribution >= 4 is 0 Å². The average Bonchev–Trinajstić information content (AvgIpc) is 3.43. The maximum Gasteiger partial charge on any atom is 0.416 e. The molecule has 0 aliphatic heterocycles. The highest BCUT2D eigenvalue weighted by Gasteiger charge is 2.45. The minimum atomic E-state index is -4.33. The number of halogens is 6. The van der Waals surface area contributed by atoms with Gasteiger partial charge >= 0.3 is 12.4 Å². The predicted octanol–water partition coefficient (Wildman–Crippen LogP) is 6.03. The Morgan fingerprint density at radius 2 is 1.36 bits per heavy atom. The van der Waals surface area contributed by atoms with Gasteiger partial charge in [0.15, 0.2) is 0 Å². The van der Waals surface area contributed by atoms with E-state index in [0.717, 1.165) is 24.3 Å². The molecule has 1 aliphatic rings. The Kier molecular flexibility index (Phi) is 6.04. The number of hydrogen-bond acceptors (Lipinski definition) is 2. The highest BCUT2D eigenvalue weighted by molar-refractivity contribution is 5.41. The summed E-state index contributed by atoms with van der Waals surface area (Å²) in [6, 6.07) is 13.7. The van der Waals surface area contributed by atoms with E-state index in [1.165, 1.54) is 18.2 Å². The Morgan fingerprint density at radius 3 is 1.82 bits per heavy atom. The van der Waals surface area contributed by atoms with Crippen LogP contribution in [0.15, 0.2) is 48.5 Å². The van der Waals surface area contributed by atoms with Crippen LogP contribution in [-0.2, 0) is 24.2 Å². The number of nitrogens with zero attached hydrogens (tertiary/aromatic N) is 2. The highest BCUT2D eigenvalue weighted by atomic mass is 19.4. The summed E-state index contributed by atoms with van der Waals surface area (Å²) in [5.41, 5.74) is -1.17. The summed E-state index contributed by atoms with van der Waals surface area (Å²) >= 11 is 0. The normalized spacial score (nSPS) is 14.9. The Hall–Kier alpha value is -3.00. The highest BCUT2D eigenvalue weighted by Crippen LogP contribution is 2.48. The van der Waals surface area contributed by atoms with Gasteiger partial charge in [-0.05, 0) is 36.1 Å². The van der Waals surface area contributed by atoms with Gasteiger partial charge in [-0.15, -0.1) is 0 Å². The van der Waals surface area contributed by atoms with Crippen molar-refractivity contribution < 1.29 is 26.3 Å². The topological polar surface area (TPSA) is 47.6 Å². The molecular weight excluding hydrogens is 382 g/mol. The van der Waals surface area contributed by atoms with Gasteiger partial charge in [0, 0.05) is 0 Å². The number of alkyl halides is 6. The van der Waals surface area contributed by atoms with Crippen LogP contribution in [0.25, 0.3) is 0 Å². The minimum Gasteiger partial charge on any atom is -0.198 e. The molecule has 1 aliphatic carbocycles. The van der Waals surface area contributed by atoms with Crippen molar-refractivity contribution in [3.05, 3.63) is 70.8 Å². The van der Waals surface area contributed by atoms with Gasteiger partial charge in [0.25, 0.3) is 0 Å². The van der Waals surface area contributed by atoms with Crippen molar-refractivity contribution in [2.24, 2.45) is 0 Å². The smallest absolute Gasteiger partial charge is 0.198 e. The minimum absolute atomic E-state index is 0.00389. The molecule has 0 unspecified atom stereocenters. The average molecular weight is 396 g/mol. The number of hydrogen-bond donors (Lipinski definition) is 0. The number of benzene rings is 2. The zero-order valence-corrected chi connectivity index (χ0v) is 14.4. The third-order valence-electron chi connectivity index (χ3n) is 4.24. The fourth-order valence-electron chi connectivity index (χ4n) is 2.53. The van der Waals surface area contributed by atoms with E-state index >= 15 is 0 Å². The van der Waals surface area contributed by atoms with Gasteiger partial charge in [0.1, 0.15) is 0 Å². The molecule has 3 rings (SSSR count). The van der Waals surface area contributed by atoms with Crippen molar-refractivity contribution in [1.82, 2.24) is 0 Å². The third-order valence-corrected chi connectivity index (χ3v) is 4.24. The molecule has 0 saturated heterocycles. The first-order valence-electron chi connectivity index (χ1n) is 8.14. The van der Waals surface area contributed by atoms with Crippen LogP contribution < -0.4 is 0 Å². The predicted molar refractivity (Wildman–Crippen MR) is 88.7 cm³/mol. The molecule has 0 bridgehead atoms. The fourth-order valence-corrected chi connectivity index (χ4v) is 2.53. The Morgan fingerprint density at radius 1 is 0.821 bits per heavy atom. The summed E-state index contributed by atoms with van der Waals surface area (Å²) in [5.74, 6) is 0. The molecule has 0 heterocycles. The first kappa shape index (κ1) is 21.3. The lowest BCUT2D eigenvalue weighted by Crippen LogP contribution is -2.08. The van der Waals surface area contributed by atoms with E-state index in [0.29, 0.717) is 24.0 Å². The SMILES string of the molecule is N#CC1(c2cccc(C(F)(F)F)c2)CC1.N#CCc1cccc(C(F)(F)F)c1. The van der Waals surface area contributed by atoms with Gasteiger partial charge in [0.2, 0.25) is 0 Å². The van der Waals surface area contributed by atoms with Gasteiger partial charge in [-0.3, -0.25) is 0 Å². The van der Waals surface area contributed by atoms with Crippen LogP contribution in [0.4, 0.5) is 26.3 Å². The maximum atomic E-state index is 12.4. The number of rotatable bonds is 2. The van der Waals surface area contributed by atoms with Crippen molar-refractivity contribution in [1.29, 1.82) is 10.5 Å². The van der Waals surface area contributed by atoms with Crippen LogP contribution >= 0.6 is 0 Å². The maximum absolute atomic E-state index is 12.4. The van der Waals surface area contributed by atoms with Crippen molar-refractivity contribution in [2.45, 2.75) is 37.0 Å². The van der Waals surface area contributed by atoms with Crippen molar-refractivity contribution in [2.75, 3.05) is 0 Å². The van der Waals surface area contributed by atoms with Crippen LogP contribution in [0.2, 0.25) is 0 Å². The largest absolute Gasteiger partial charge is 0.416 e. The van der Waals surface area contributed by atoms with Gasteiger partial charge in [-0.1, -0.05) is 36.4 Å². The molecular formula is C20H14F6N2. The lowest BCUT2D eigenvalue weighted by molar-refractivity contribution is -0.138. The molecule has 28 heavy (non-hydrogen) atoms. The quantitative estimate of drug-likeness (QED) is 0.582. The molecule has 8 heteroatoms. The molecule has 1 saturated carbocycles. The molecule has 0 atom stereocenters. The molecule has 2 nitrogen and oxygen atoms in total. The van der Waals surface area contributed by atoms with Gasteiger partial charge < -0.3 is 0 Å². The van der Waals surface area contributed by atoms with Crippen LogP contribution in [0.3, 0.4) is 0 Å². The molecule has 146 valence electrons. The standard InChI is InChI=1S/C11H8F3N.C9H6F3N/c12-11(13,14)9-3-1-2-8(6-9)10(7-15)4-5-10;10-9(11,12)8-3-1-2-7(6-8)4-5-13/h1-3,6H,4-5H2;1-3,6H,4H2. The lowest BCUT2D eigenvalue weighted by Gasteiger charge is -2.10. The first-order chi connectivity index (χ1) is 13.0. The molecule has 1 fully saturated rings. The molecule has 0 aromatic heterocycles. The van der Waals surface area contributed by atoms with E-state index in [1.807, 2.05) is 0 Å². The second-order valence-electron chi connectivity index (χ2n) is 6.31. The monoisotopic (exact) mass is 396 g/mol. The van der Waals surface area contributed by atoms with E-state index in [9.17, 15) is 26.3 Å². The summed E-state index contributed by atoms with van der Waals surface area (Å²) < 4.78 is 73.6. The second-order valence-corrected chi connectivity index (χ2v) is 6.31. The summed E-state index contributed by atoms with van der Waals surface area (Å²) in [6.45, 7) is 0. The molecule has 0 radical (unpaired) electrons.